The maximum atomic E-state index is 13.2. The Kier molecular flexibility index (Phi) is 5.29. The van der Waals surface area contributed by atoms with Crippen molar-refractivity contribution in [1.29, 1.82) is 0 Å². The molecule has 2 aliphatic heterocycles. The number of amides is 1. The normalized spacial score (nSPS) is 22.3. The van der Waals surface area contributed by atoms with E-state index in [2.05, 4.69) is 6.92 Å². The first kappa shape index (κ1) is 20.2. The molecule has 0 radical (unpaired) electrons. The summed E-state index contributed by atoms with van der Waals surface area (Å²) in [6, 6.07) is 4.46. The van der Waals surface area contributed by atoms with E-state index in [0.29, 0.717) is 30.8 Å². The van der Waals surface area contributed by atoms with Crippen molar-refractivity contribution >= 4 is 27.0 Å². The molecule has 1 atom stereocenters. The highest BCUT2D eigenvalue weighted by molar-refractivity contribution is 7.89. The predicted molar refractivity (Wildman–Crippen MR) is 108 cm³/mol. The third-order valence-electron chi connectivity index (χ3n) is 6.23. The zero-order valence-electron chi connectivity index (χ0n) is 16.8. The van der Waals surface area contributed by atoms with Crippen LogP contribution >= 0.6 is 0 Å². The van der Waals surface area contributed by atoms with Crippen molar-refractivity contribution in [1.82, 2.24) is 13.8 Å². The van der Waals surface area contributed by atoms with Crippen molar-refractivity contribution in [2.45, 2.75) is 37.5 Å². The monoisotopic (exact) mass is 421 g/mol. The summed E-state index contributed by atoms with van der Waals surface area (Å²) in [4.78, 5) is 26.6. The number of piperidine rings is 2. The lowest BCUT2D eigenvalue weighted by Gasteiger charge is -2.36. The van der Waals surface area contributed by atoms with Crippen LogP contribution in [-0.2, 0) is 21.9 Å². The number of aryl methyl sites for hydroxylation is 1. The largest absolute Gasteiger partial charge is 0.419 e. The van der Waals surface area contributed by atoms with Crippen molar-refractivity contribution in [3.05, 3.63) is 28.7 Å². The van der Waals surface area contributed by atoms with E-state index in [1.54, 1.807) is 13.1 Å². The zero-order valence-corrected chi connectivity index (χ0v) is 17.7. The maximum Gasteiger partial charge on any atom is 0.419 e. The van der Waals surface area contributed by atoms with Gasteiger partial charge in [-0.25, -0.2) is 13.2 Å². The van der Waals surface area contributed by atoms with Crippen molar-refractivity contribution in [2.75, 3.05) is 26.2 Å². The lowest BCUT2D eigenvalue weighted by Crippen LogP contribution is -2.48. The molecule has 0 aliphatic carbocycles. The zero-order chi connectivity index (χ0) is 20.8. The minimum atomic E-state index is -3.77. The summed E-state index contributed by atoms with van der Waals surface area (Å²) in [6.07, 6.45) is 3.37. The van der Waals surface area contributed by atoms with E-state index in [-0.39, 0.29) is 28.8 Å². The smallest absolute Gasteiger partial charge is 0.408 e. The fourth-order valence-corrected chi connectivity index (χ4v) is 5.81. The van der Waals surface area contributed by atoms with E-state index in [1.807, 2.05) is 4.90 Å². The second kappa shape index (κ2) is 7.60. The summed E-state index contributed by atoms with van der Waals surface area (Å²) < 4.78 is 34.2. The molecule has 0 bridgehead atoms. The number of nitrogens with zero attached hydrogens (tertiary/aromatic N) is 3. The van der Waals surface area contributed by atoms with Crippen LogP contribution in [0.5, 0.6) is 0 Å². The van der Waals surface area contributed by atoms with Gasteiger partial charge in [-0.2, -0.15) is 4.31 Å². The number of hydrogen-bond donors (Lipinski definition) is 0. The molecule has 29 heavy (non-hydrogen) atoms. The molecule has 2 aromatic rings. The highest BCUT2D eigenvalue weighted by atomic mass is 32.2. The number of carbonyl (C=O) groups excluding carboxylic acids is 1. The fourth-order valence-electron chi connectivity index (χ4n) is 4.27. The molecule has 0 spiro atoms. The summed E-state index contributed by atoms with van der Waals surface area (Å²) in [5.74, 6) is -0.129. The Bertz CT molecular complexity index is 1080. The number of hydrogen-bond acceptors (Lipinski definition) is 5. The van der Waals surface area contributed by atoms with Crippen LogP contribution in [0.25, 0.3) is 11.1 Å². The van der Waals surface area contributed by atoms with Gasteiger partial charge in [0.15, 0.2) is 5.58 Å². The average Bonchev–Trinajstić information content (AvgIpc) is 3.01. The van der Waals surface area contributed by atoms with E-state index < -0.39 is 15.8 Å². The molecule has 158 valence electrons. The first-order valence-corrected chi connectivity index (χ1v) is 11.6. The highest BCUT2D eigenvalue weighted by Gasteiger charge is 2.36. The number of rotatable bonds is 3. The number of fused-ring (bicyclic) bond motifs is 1. The minimum absolute atomic E-state index is 0.0707. The number of likely N-dealkylation sites (tertiary alicyclic amines) is 1. The molecule has 1 aromatic carbocycles. The number of oxazole rings is 1. The van der Waals surface area contributed by atoms with Gasteiger partial charge in [0.25, 0.3) is 0 Å². The number of sulfonamides is 1. The van der Waals surface area contributed by atoms with Crippen molar-refractivity contribution in [3.63, 3.8) is 0 Å². The molecule has 9 heteroatoms. The summed E-state index contributed by atoms with van der Waals surface area (Å²) in [5.41, 5.74) is 0.783. The molecule has 2 aliphatic rings. The van der Waals surface area contributed by atoms with Crippen LogP contribution in [0.2, 0.25) is 0 Å². The standard InChI is InChI=1S/C20H27N3O5S/c1-14-7-10-22(11-8-14)19(24)15-4-3-9-23(13-15)29(26,27)16-5-6-17-18(12-16)28-20(25)21(17)2/h5-6,12,14-15H,3-4,7-11,13H2,1-2H3/t15-/m1/s1. The first-order valence-electron chi connectivity index (χ1n) is 10.2. The highest BCUT2D eigenvalue weighted by Crippen LogP contribution is 2.28. The molecule has 3 heterocycles. The van der Waals surface area contributed by atoms with Crippen LogP contribution in [0, 0.1) is 11.8 Å². The molecule has 0 N–H and O–H groups in total. The van der Waals surface area contributed by atoms with Crippen LogP contribution < -0.4 is 5.76 Å². The van der Waals surface area contributed by atoms with Gasteiger partial charge in [0.2, 0.25) is 15.9 Å². The number of benzene rings is 1. The van der Waals surface area contributed by atoms with Gasteiger partial charge >= 0.3 is 5.76 Å². The molecular weight excluding hydrogens is 394 g/mol. The van der Waals surface area contributed by atoms with Gasteiger partial charge in [-0.05, 0) is 43.7 Å². The first-order chi connectivity index (χ1) is 13.8. The van der Waals surface area contributed by atoms with Gasteiger partial charge in [-0.3, -0.25) is 9.36 Å². The third kappa shape index (κ3) is 3.73. The van der Waals surface area contributed by atoms with E-state index in [0.717, 1.165) is 25.9 Å². The molecule has 2 fully saturated rings. The Morgan fingerprint density at radius 2 is 1.86 bits per heavy atom. The lowest BCUT2D eigenvalue weighted by atomic mass is 9.94. The van der Waals surface area contributed by atoms with Crippen molar-refractivity contribution in [2.24, 2.45) is 18.9 Å². The Morgan fingerprint density at radius 3 is 2.59 bits per heavy atom. The summed E-state index contributed by atoms with van der Waals surface area (Å²) in [6.45, 7) is 4.30. The number of aromatic nitrogens is 1. The third-order valence-corrected chi connectivity index (χ3v) is 8.09. The maximum absolute atomic E-state index is 13.2. The predicted octanol–water partition coefficient (Wildman–Crippen LogP) is 1.79. The van der Waals surface area contributed by atoms with Gasteiger partial charge in [-0.1, -0.05) is 6.92 Å². The van der Waals surface area contributed by atoms with E-state index in [9.17, 15) is 18.0 Å². The lowest BCUT2D eigenvalue weighted by molar-refractivity contribution is -0.138. The van der Waals surface area contributed by atoms with Crippen molar-refractivity contribution < 1.29 is 17.6 Å². The fraction of sp³-hybridized carbons (Fsp3) is 0.600. The van der Waals surface area contributed by atoms with Gasteiger partial charge in [-0.15, -0.1) is 0 Å². The quantitative estimate of drug-likeness (QED) is 0.753. The molecule has 0 saturated carbocycles. The van der Waals surface area contributed by atoms with Crippen LogP contribution in [-0.4, -0.2) is 54.3 Å². The Morgan fingerprint density at radius 1 is 1.14 bits per heavy atom. The van der Waals surface area contributed by atoms with Gasteiger partial charge < -0.3 is 9.32 Å². The molecule has 0 unspecified atom stereocenters. The van der Waals surface area contributed by atoms with E-state index in [4.69, 9.17) is 4.42 Å². The molecule has 2 saturated heterocycles. The topological polar surface area (TPSA) is 92.8 Å². The molecule has 8 nitrogen and oxygen atoms in total. The second-order valence-corrected chi connectivity index (χ2v) is 10.2. The summed E-state index contributed by atoms with van der Waals surface area (Å²) in [7, 11) is -2.20. The SMILES string of the molecule is CC1CCN(C(=O)[C@@H]2CCCN(S(=O)(=O)c3ccc4c(c3)oc(=O)n4C)C2)CC1. The molecular formula is C20H27N3O5S. The van der Waals surface area contributed by atoms with E-state index in [1.165, 1.54) is 21.0 Å². The van der Waals surface area contributed by atoms with Gasteiger partial charge in [0.1, 0.15) is 0 Å². The van der Waals surface area contributed by atoms with E-state index >= 15 is 0 Å². The Hall–Kier alpha value is -2.13. The average molecular weight is 422 g/mol. The van der Waals surface area contributed by atoms with Crippen LogP contribution in [0.3, 0.4) is 0 Å². The van der Waals surface area contributed by atoms with Crippen LogP contribution in [0.1, 0.15) is 32.6 Å². The minimum Gasteiger partial charge on any atom is -0.408 e. The van der Waals surface area contributed by atoms with Crippen LogP contribution in [0.4, 0.5) is 0 Å². The molecule has 1 amide bonds. The van der Waals surface area contributed by atoms with Crippen LogP contribution in [0.15, 0.2) is 32.3 Å². The van der Waals surface area contributed by atoms with Gasteiger partial charge in [0.05, 0.1) is 16.3 Å². The molecule has 4 rings (SSSR count). The summed E-state index contributed by atoms with van der Waals surface area (Å²) in [5, 5.41) is 0. The Balaban J connectivity index is 1.54. The number of carbonyl (C=O) groups is 1. The Labute approximate surface area is 170 Å². The van der Waals surface area contributed by atoms with Gasteiger partial charge in [0, 0.05) is 39.3 Å². The summed E-state index contributed by atoms with van der Waals surface area (Å²) >= 11 is 0. The second-order valence-electron chi connectivity index (χ2n) is 8.27. The molecule has 1 aromatic heterocycles. The van der Waals surface area contributed by atoms with Crippen molar-refractivity contribution in [3.8, 4) is 0 Å².